The monoisotopic (exact) mass is 460 g/mol. The van der Waals surface area contributed by atoms with Crippen molar-refractivity contribution in [2.24, 2.45) is 0 Å². The molecule has 0 saturated carbocycles. The average Bonchev–Trinajstić information content (AvgIpc) is 2.67. The van der Waals surface area contributed by atoms with Gasteiger partial charge in [-0.05, 0) is 30.7 Å². The van der Waals surface area contributed by atoms with E-state index in [0.29, 0.717) is 36.0 Å². The minimum atomic E-state index is -1.37. The normalized spacial score (nSPS) is 16.9. The van der Waals surface area contributed by atoms with Gasteiger partial charge in [0.1, 0.15) is 5.82 Å². The molecule has 1 saturated heterocycles. The summed E-state index contributed by atoms with van der Waals surface area (Å²) in [4.78, 5) is 31.9. The van der Waals surface area contributed by atoms with E-state index in [1.165, 1.54) is 5.19 Å². The number of carbonyl (C=O) groups is 2. The molecule has 2 amide bonds. The summed E-state index contributed by atoms with van der Waals surface area (Å²) in [5.41, 5.74) is 1.35. The third kappa shape index (κ3) is 5.77. The molecule has 9 heteroatoms. The second-order valence-electron chi connectivity index (χ2n) is 8.97. The van der Waals surface area contributed by atoms with E-state index in [4.69, 9.17) is 16.7 Å². The molecule has 1 aliphatic rings. The first-order valence-electron chi connectivity index (χ1n) is 10.3. The van der Waals surface area contributed by atoms with Crippen molar-refractivity contribution in [3.63, 3.8) is 0 Å². The quantitative estimate of drug-likeness (QED) is 0.665. The van der Waals surface area contributed by atoms with Gasteiger partial charge in [0, 0.05) is 37.6 Å². The van der Waals surface area contributed by atoms with Crippen LogP contribution in [-0.2, 0) is 11.2 Å². The molecule has 0 aliphatic carbocycles. The average molecular weight is 461 g/mol. The molecule has 2 N–H and O–H groups in total. The van der Waals surface area contributed by atoms with Gasteiger partial charge in [0.25, 0.3) is 0 Å². The predicted molar refractivity (Wildman–Crippen MR) is 127 cm³/mol. The van der Waals surface area contributed by atoms with Gasteiger partial charge in [0.15, 0.2) is 0 Å². The first kappa shape index (κ1) is 23.1. The van der Waals surface area contributed by atoms with Crippen molar-refractivity contribution in [2.75, 3.05) is 29.9 Å². The summed E-state index contributed by atoms with van der Waals surface area (Å²) in [5.74, 6) is -0.307. The predicted octanol–water partition coefficient (Wildman–Crippen LogP) is 3.65. The maximum absolute atomic E-state index is 12.8. The van der Waals surface area contributed by atoms with E-state index in [-0.39, 0.29) is 18.5 Å². The molecule has 0 radical (unpaired) electrons. The van der Waals surface area contributed by atoms with Gasteiger partial charge in [-0.1, -0.05) is 48.6 Å². The van der Waals surface area contributed by atoms with Crippen molar-refractivity contribution in [2.45, 2.75) is 39.0 Å². The lowest BCUT2D eigenvalue weighted by Crippen LogP contribution is -2.55. The number of piperazine rings is 1. The molecule has 1 atom stereocenters. The fourth-order valence-electron chi connectivity index (χ4n) is 3.67. The Balaban J connectivity index is 1.62. The minimum Gasteiger partial charge on any atom is -0.481 e. The Morgan fingerprint density at radius 1 is 1.23 bits per heavy atom. The van der Waals surface area contributed by atoms with Crippen LogP contribution in [0.1, 0.15) is 12.5 Å². The number of hydrogen-bond acceptors (Lipinski definition) is 4. The number of rotatable bonds is 5. The first-order valence-corrected chi connectivity index (χ1v) is 14.2. The molecule has 2 heterocycles. The van der Waals surface area contributed by atoms with Crippen molar-refractivity contribution in [3.8, 4) is 0 Å². The van der Waals surface area contributed by atoms with Gasteiger partial charge in [0.2, 0.25) is 0 Å². The van der Waals surface area contributed by atoms with Crippen LogP contribution < -0.4 is 15.4 Å². The van der Waals surface area contributed by atoms with Crippen LogP contribution in [0.2, 0.25) is 24.7 Å². The number of carboxylic acid groups (broad SMARTS) is 1. The first-order chi connectivity index (χ1) is 14.5. The highest BCUT2D eigenvalue weighted by atomic mass is 35.5. The number of carboxylic acids is 1. The zero-order chi connectivity index (χ0) is 22.8. The molecule has 1 aromatic carbocycles. The van der Waals surface area contributed by atoms with Gasteiger partial charge in [0.05, 0.1) is 19.5 Å². The second kappa shape index (κ2) is 9.28. The Morgan fingerprint density at radius 3 is 2.45 bits per heavy atom. The molecule has 2 aromatic rings. The number of pyridine rings is 1. The van der Waals surface area contributed by atoms with Crippen molar-refractivity contribution in [1.29, 1.82) is 0 Å². The lowest BCUT2D eigenvalue weighted by Gasteiger charge is -2.40. The zero-order valence-electron chi connectivity index (χ0n) is 18.4. The number of halogens is 1. The summed E-state index contributed by atoms with van der Waals surface area (Å²) in [5, 5.41) is 13.7. The molecule has 0 unspecified atom stereocenters. The summed E-state index contributed by atoms with van der Waals surface area (Å²) in [6.07, 6.45) is 1.43. The standard InChI is InChI=1S/C22H29ClN4O3Si/c1-15-14-26(21-19(23)11-16(13-24-21)12-20(28)29)9-10-27(15)22(30)25-17-5-7-18(8-6-17)31(2,3)4/h5-8,11,13,15H,9-10,12,14H2,1-4H3,(H,25,30)(H,28,29)/t15-/m1/s1. The van der Waals surface area contributed by atoms with E-state index < -0.39 is 14.0 Å². The number of hydrogen-bond donors (Lipinski definition) is 2. The summed E-state index contributed by atoms with van der Waals surface area (Å²) in [6, 6.07) is 9.63. The van der Waals surface area contributed by atoms with E-state index in [0.717, 1.165) is 5.69 Å². The number of carbonyl (C=O) groups excluding carboxylic acids is 1. The number of anilines is 2. The van der Waals surface area contributed by atoms with Crippen molar-refractivity contribution >= 4 is 48.4 Å². The third-order valence-electron chi connectivity index (χ3n) is 5.42. The largest absolute Gasteiger partial charge is 0.481 e. The van der Waals surface area contributed by atoms with Crippen LogP contribution in [-0.4, -0.2) is 60.7 Å². The van der Waals surface area contributed by atoms with Crippen LogP contribution in [0.25, 0.3) is 0 Å². The van der Waals surface area contributed by atoms with Crippen LogP contribution in [0.15, 0.2) is 36.5 Å². The van der Waals surface area contributed by atoms with Gasteiger partial charge < -0.3 is 20.2 Å². The number of urea groups is 1. The van der Waals surface area contributed by atoms with E-state index in [9.17, 15) is 9.59 Å². The lowest BCUT2D eigenvalue weighted by atomic mass is 10.1. The fraction of sp³-hybridized carbons (Fsp3) is 0.409. The molecule has 0 bridgehead atoms. The number of benzene rings is 1. The van der Waals surface area contributed by atoms with Crippen LogP contribution >= 0.6 is 11.6 Å². The Hall–Kier alpha value is -2.58. The number of aromatic nitrogens is 1. The van der Waals surface area contributed by atoms with Crippen LogP contribution in [0.4, 0.5) is 16.3 Å². The zero-order valence-corrected chi connectivity index (χ0v) is 20.1. The molecular formula is C22H29ClN4O3Si. The molecule has 31 heavy (non-hydrogen) atoms. The van der Waals surface area contributed by atoms with Crippen LogP contribution in [0.3, 0.4) is 0 Å². The number of nitrogens with one attached hydrogen (secondary N) is 1. The summed E-state index contributed by atoms with van der Waals surface area (Å²) < 4.78 is 0. The topological polar surface area (TPSA) is 85.8 Å². The molecule has 1 fully saturated rings. The number of nitrogens with zero attached hydrogens (tertiary/aromatic N) is 3. The molecule has 166 valence electrons. The Kier molecular flexibility index (Phi) is 6.91. The molecule has 0 spiro atoms. The summed E-state index contributed by atoms with van der Waals surface area (Å²) in [6.45, 7) is 10.6. The van der Waals surface area contributed by atoms with Crippen molar-refractivity contribution in [3.05, 3.63) is 47.1 Å². The van der Waals surface area contributed by atoms with Gasteiger partial charge in [-0.3, -0.25) is 4.79 Å². The van der Waals surface area contributed by atoms with Crippen molar-refractivity contribution < 1.29 is 14.7 Å². The summed E-state index contributed by atoms with van der Waals surface area (Å²) in [7, 11) is -1.37. The third-order valence-corrected chi connectivity index (χ3v) is 7.77. The van der Waals surface area contributed by atoms with E-state index in [1.807, 2.05) is 28.9 Å². The maximum atomic E-state index is 12.8. The number of aliphatic carboxylic acids is 1. The highest BCUT2D eigenvalue weighted by Gasteiger charge is 2.29. The molecule has 7 nitrogen and oxygen atoms in total. The molecule has 1 aromatic heterocycles. The van der Waals surface area contributed by atoms with Gasteiger partial charge in [-0.15, -0.1) is 0 Å². The fourth-order valence-corrected chi connectivity index (χ4v) is 5.15. The Morgan fingerprint density at radius 2 is 1.90 bits per heavy atom. The van der Waals surface area contributed by atoms with Crippen LogP contribution in [0.5, 0.6) is 0 Å². The van der Waals surface area contributed by atoms with Gasteiger partial charge in [-0.2, -0.15) is 0 Å². The highest BCUT2D eigenvalue weighted by molar-refractivity contribution is 6.88. The lowest BCUT2D eigenvalue weighted by molar-refractivity contribution is -0.136. The molecule has 3 rings (SSSR count). The smallest absolute Gasteiger partial charge is 0.322 e. The Bertz CT molecular complexity index is 962. The van der Waals surface area contributed by atoms with Crippen molar-refractivity contribution in [1.82, 2.24) is 9.88 Å². The second-order valence-corrected chi connectivity index (χ2v) is 14.4. The molecular weight excluding hydrogens is 432 g/mol. The summed E-state index contributed by atoms with van der Waals surface area (Å²) >= 11 is 6.36. The number of amides is 2. The Labute approximate surface area is 189 Å². The minimum absolute atomic E-state index is 0.0356. The highest BCUT2D eigenvalue weighted by Crippen LogP contribution is 2.27. The van der Waals surface area contributed by atoms with Gasteiger partial charge in [-0.25, -0.2) is 9.78 Å². The van der Waals surface area contributed by atoms with E-state index >= 15 is 0 Å². The maximum Gasteiger partial charge on any atom is 0.322 e. The van der Waals surface area contributed by atoms with E-state index in [1.54, 1.807) is 12.3 Å². The SMILES string of the molecule is C[C@@H]1CN(c2ncc(CC(=O)O)cc2Cl)CCN1C(=O)Nc1ccc([Si](C)(C)C)cc1. The van der Waals surface area contributed by atoms with Crippen LogP contribution in [0, 0.1) is 0 Å². The van der Waals surface area contributed by atoms with E-state index in [2.05, 4.69) is 42.1 Å². The van der Waals surface area contributed by atoms with Gasteiger partial charge >= 0.3 is 12.0 Å². The molecule has 1 aliphatic heterocycles.